The van der Waals surface area contributed by atoms with Crippen LogP contribution in [0.1, 0.15) is 26.2 Å². The lowest BCUT2D eigenvalue weighted by atomic mass is 10.1. The van der Waals surface area contributed by atoms with E-state index in [-0.39, 0.29) is 6.42 Å². The Morgan fingerprint density at radius 2 is 1.90 bits per heavy atom. The zero-order valence-electron chi connectivity index (χ0n) is 5.78. The Bertz CT molecular complexity index is 89.5. The van der Waals surface area contributed by atoms with Crippen molar-refractivity contribution < 1.29 is 18.3 Å². The van der Waals surface area contributed by atoms with Gasteiger partial charge in [0.2, 0.25) is 0 Å². The van der Waals surface area contributed by atoms with Crippen molar-refractivity contribution >= 4 is 0 Å². The summed E-state index contributed by atoms with van der Waals surface area (Å²) in [6.07, 6.45) is -5.66. The molecule has 1 N–H and O–H groups in total. The molecule has 0 radical (unpaired) electrons. The number of hydrogen-bond donors (Lipinski definition) is 1. The van der Waals surface area contributed by atoms with E-state index in [1.54, 1.807) is 6.92 Å². The summed E-state index contributed by atoms with van der Waals surface area (Å²) in [6.45, 7) is 1.78. The number of aliphatic hydroxyl groups excluding tert-OH is 1. The van der Waals surface area contributed by atoms with Crippen LogP contribution >= 0.6 is 0 Å². The SMILES string of the molecule is CCCC[C@H](O)C(F)(F)F. The van der Waals surface area contributed by atoms with Gasteiger partial charge in [0.15, 0.2) is 0 Å². The quantitative estimate of drug-likeness (QED) is 0.663. The van der Waals surface area contributed by atoms with Gasteiger partial charge >= 0.3 is 6.18 Å². The first kappa shape index (κ1) is 9.75. The van der Waals surface area contributed by atoms with Crippen molar-refractivity contribution in [3.8, 4) is 0 Å². The maximum atomic E-state index is 11.5. The van der Waals surface area contributed by atoms with Gasteiger partial charge in [0.25, 0.3) is 0 Å². The van der Waals surface area contributed by atoms with Crippen molar-refractivity contribution in [3.63, 3.8) is 0 Å². The lowest BCUT2D eigenvalue weighted by molar-refractivity contribution is -0.205. The summed E-state index contributed by atoms with van der Waals surface area (Å²) in [6, 6.07) is 0. The normalized spacial score (nSPS) is 15.3. The van der Waals surface area contributed by atoms with E-state index < -0.39 is 12.3 Å². The summed E-state index contributed by atoms with van der Waals surface area (Å²) in [4.78, 5) is 0. The van der Waals surface area contributed by atoms with Crippen molar-refractivity contribution in [2.75, 3.05) is 0 Å². The van der Waals surface area contributed by atoms with Crippen molar-refractivity contribution in [3.05, 3.63) is 0 Å². The zero-order valence-corrected chi connectivity index (χ0v) is 5.78. The molecule has 0 unspecified atom stereocenters. The molecule has 0 rings (SSSR count). The highest BCUT2D eigenvalue weighted by atomic mass is 19.4. The van der Waals surface area contributed by atoms with Gasteiger partial charge < -0.3 is 5.11 Å². The van der Waals surface area contributed by atoms with Crippen molar-refractivity contribution in [1.82, 2.24) is 0 Å². The maximum Gasteiger partial charge on any atom is 0.414 e. The van der Waals surface area contributed by atoms with Gasteiger partial charge in [0.05, 0.1) is 0 Å². The highest BCUT2D eigenvalue weighted by Gasteiger charge is 2.37. The Morgan fingerprint density at radius 3 is 2.20 bits per heavy atom. The minimum Gasteiger partial charge on any atom is -0.384 e. The fourth-order valence-corrected chi connectivity index (χ4v) is 0.561. The minimum absolute atomic E-state index is 0.181. The number of alkyl halides is 3. The standard InChI is InChI=1S/C6H11F3O/c1-2-3-4-5(10)6(7,8)9/h5,10H,2-4H2,1H3/t5-/m0/s1. The van der Waals surface area contributed by atoms with Gasteiger partial charge in [-0.25, -0.2) is 0 Å². The largest absolute Gasteiger partial charge is 0.414 e. The van der Waals surface area contributed by atoms with E-state index in [4.69, 9.17) is 5.11 Å². The highest BCUT2D eigenvalue weighted by molar-refractivity contribution is 4.63. The molecule has 4 heteroatoms. The molecule has 10 heavy (non-hydrogen) atoms. The second-order valence-electron chi connectivity index (χ2n) is 2.20. The van der Waals surface area contributed by atoms with Crippen LogP contribution in [0.5, 0.6) is 0 Å². The molecule has 0 saturated carbocycles. The summed E-state index contributed by atoms with van der Waals surface area (Å²) in [5, 5.41) is 8.39. The van der Waals surface area contributed by atoms with Gasteiger partial charge in [-0.15, -0.1) is 0 Å². The number of aliphatic hydroxyl groups is 1. The molecule has 0 aliphatic heterocycles. The lowest BCUT2D eigenvalue weighted by Gasteiger charge is -2.12. The number of hydrogen-bond acceptors (Lipinski definition) is 1. The second kappa shape index (κ2) is 3.81. The number of unbranched alkanes of at least 4 members (excludes halogenated alkanes) is 1. The van der Waals surface area contributed by atoms with Crippen LogP contribution in [-0.4, -0.2) is 17.4 Å². The Balaban J connectivity index is 3.52. The fraction of sp³-hybridized carbons (Fsp3) is 1.00. The van der Waals surface area contributed by atoms with Gasteiger partial charge in [0.1, 0.15) is 6.10 Å². The van der Waals surface area contributed by atoms with Gasteiger partial charge in [0, 0.05) is 0 Å². The molecular weight excluding hydrogens is 145 g/mol. The van der Waals surface area contributed by atoms with Crippen LogP contribution in [0.4, 0.5) is 13.2 Å². The zero-order chi connectivity index (χ0) is 8.20. The van der Waals surface area contributed by atoms with E-state index >= 15 is 0 Å². The third-order valence-corrected chi connectivity index (χ3v) is 1.21. The van der Waals surface area contributed by atoms with E-state index in [2.05, 4.69) is 0 Å². The molecule has 1 nitrogen and oxygen atoms in total. The summed E-state index contributed by atoms with van der Waals surface area (Å²) in [5.74, 6) is 0. The van der Waals surface area contributed by atoms with Gasteiger partial charge in [-0.2, -0.15) is 13.2 Å². The third kappa shape index (κ3) is 3.71. The molecule has 0 aromatic carbocycles. The summed E-state index contributed by atoms with van der Waals surface area (Å²) in [5.41, 5.74) is 0. The summed E-state index contributed by atoms with van der Waals surface area (Å²) < 4.78 is 34.6. The van der Waals surface area contributed by atoms with Gasteiger partial charge in [-0.05, 0) is 6.42 Å². The van der Waals surface area contributed by atoms with Crippen LogP contribution < -0.4 is 0 Å². The average molecular weight is 156 g/mol. The molecule has 0 amide bonds. The molecule has 0 fully saturated rings. The Morgan fingerprint density at radius 1 is 1.40 bits per heavy atom. The van der Waals surface area contributed by atoms with Crippen LogP contribution in [-0.2, 0) is 0 Å². The van der Waals surface area contributed by atoms with Crippen molar-refractivity contribution in [1.29, 1.82) is 0 Å². The van der Waals surface area contributed by atoms with Crippen LogP contribution in [0.15, 0.2) is 0 Å². The van der Waals surface area contributed by atoms with E-state index in [1.807, 2.05) is 0 Å². The highest BCUT2D eigenvalue weighted by Crippen LogP contribution is 2.23. The monoisotopic (exact) mass is 156 g/mol. The first-order chi connectivity index (χ1) is 4.48. The maximum absolute atomic E-state index is 11.5. The molecule has 1 atom stereocenters. The second-order valence-corrected chi connectivity index (χ2v) is 2.20. The Kier molecular flexibility index (Phi) is 3.71. The minimum atomic E-state index is -4.44. The number of rotatable bonds is 3. The Labute approximate surface area is 57.9 Å². The van der Waals surface area contributed by atoms with Crippen LogP contribution in [0.2, 0.25) is 0 Å². The van der Waals surface area contributed by atoms with Gasteiger partial charge in [-0.1, -0.05) is 19.8 Å². The molecule has 0 bridgehead atoms. The predicted octanol–water partition coefficient (Wildman–Crippen LogP) is 2.10. The molecule has 0 aromatic heterocycles. The summed E-state index contributed by atoms with van der Waals surface area (Å²) >= 11 is 0. The fourth-order valence-electron chi connectivity index (χ4n) is 0.561. The van der Waals surface area contributed by atoms with Gasteiger partial charge in [-0.3, -0.25) is 0 Å². The molecule has 0 spiro atoms. The molecular formula is C6H11F3O. The molecule has 0 aliphatic rings. The molecule has 0 heterocycles. The van der Waals surface area contributed by atoms with E-state index in [0.29, 0.717) is 12.8 Å². The van der Waals surface area contributed by atoms with E-state index in [1.165, 1.54) is 0 Å². The van der Waals surface area contributed by atoms with Crippen molar-refractivity contribution in [2.24, 2.45) is 0 Å². The molecule has 0 aliphatic carbocycles. The third-order valence-electron chi connectivity index (χ3n) is 1.21. The predicted molar refractivity (Wildman–Crippen MR) is 31.6 cm³/mol. The summed E-state index contributed by atoms with van der Waals surface area (Å²) in [7, 11) is 0. The van der Waals surface area contributed by atoms with E-state index in [0.717, 1.165) is 0 Å². The smallest absolute Gasteiger partial charge is 0.384 e. The van der Waals surface area contributed by atoms with Crippen LogP contribution in [0.3, 0.4) is 0 Å². The van der Waals surface area contributed by atoms with Crippen molar-refractivity contribution in [2.45, 2.75) is 38.5 Å². The topological polar surface area (TPSA) is 20.2 Å². The van der Waals surface area contributed by atoms with E-state index in [9.17, 15) is 13.2 Å². The Hall–Kier alpha value is -0.250. The average Bonchev–Trinajstić information content (AvgIpc) is 1.80. The lowest BCUT2D eigenvalue weighted by Crippen LogP contribution is -2.28. The molecule has 0 saturated heterocycles. The molecule has 0 aromatic rings. The van der Waals surface area contributed by atoms with Crippen LogP contribution in [0.25, 0.3) is 0 Å². The molecule has 62 valence electrons. The van der Waals surface area contributed by atoms with Crippen LogP contribution in [0, 0.1) is 0 Å². The first-order valence-electron chi connectivity index (χ1n) is 3.23. The number of halogens is 3. The first-order valence-corrected chi connectivity index (χ1v) is 3.23.